The number of thiophene rings is 1. The van der Waals surface area contributed by atoms with Crippen LogP contribution in [0.1, 0.15) is 51.3 Å². The molecule has 6 heteroatoms. The summed E-state index contributed by atoms with van der Waals surface area (Å²) in [5, 5.41) is 2.14. The molecule has 2 aliphatic heterocycles. The molecule has 2 fully saturated rings. The van der Waals surface area contributed by atoms with E-state index in [-0.39, 0.29) is 17.9 Å². The molecular formula is C21H32N2O3S. The standard InChI is InChI=1S/C21H32N2O3S/c1-21(2,3)26-20(25)23-12-8-17(9-13-23)19(24)22-10-6-16(7-11-22)15-18-5-4-14-27-18/h4-5,14,16-17H,6-13,15H2,1-3H3. The molecule has 0 atom stereocenters. The van der Waals surface area contributed by atoms with E-state index in [1.165, 1.54) is 4.88 Å². The zero-order valence-corrected chi connectivity index (χ0v) is 17.6. The van der Waals surface area contributed by atoms with E-state index in [0.29, 0.717) is 19.0 Å². The predicted molar refractivity (Wildman–Crippen MR) is 108 cm³/mol. The Morgan fingerprint density at radius 1 is 1.07 bits per heavy atom. The van der Waals surface area contributed by atoms with Crippen LogP contribution < -0.4 is 0 Å². The summed E-state index contributed by atoms with van der Waals surface area (Å²) in [5.74, 6) is 1.03. The smallest absolute Gasteiger partial charge is 0.410 e. The Morgan fingerprint density at radius 3 is 2.26 bits per heavy atom. The van der Waals surface area contributed by atoms with Gasteiger partial charge in [-0.1, -0.05) is 6.07 Å². The highest BCUT2D eigenvalue weighted by atomic mass is 32.1. The summed E-state index contributed by atoms with van der Waals surface area (Å²) in [6, 6.07) is 4.32. The molecule has 27 heavy (non-hydrogen) atoms. The molecule has 0 aromatic carbocycles. The second-order valence-electron chi connectivity index (χ2n) is 8.79. The van der Waals surface area contributed by atoms with Gasteiger partial charge in [-0.15, -0.1) is 11.3 Å². The van der Waals surface area contributed by atoms with Crippen molar-refractivity contribution in [2.75, 3.05) is 26.2 Å². The minimum Gasteiger partial charge on any atom is -0.444 e. The second kappa shape index (κ2) is 8.63. The zero-order valence-electron chi connectivity index (χ0n) is 16.8. The summed E-state index contributed by atoms with van der Waals surface area (Å²) >= 11 is 1.83. The van der Waals surface area contributed by atoms with Gasteiger partial charge < -0.3 is 14.5 Å². The van der Waals surface area contributed by atoms with Gasteiger partial charge >= 0.3 is 6.09 Å². The monoisotopic (exact) mass is 392 g/mol. The van der Waals surface area contributed by atoms with Crippen molar-refractivity contribution in [3.05, 3.63) is 22.4 Å². The summed E-state index contributed by atoms with van der Waals surface area (Å²) in [6.07, 6.45) is 4.57. The number of carbonyl (C=O) groups excluding carboxylic acids is 2. The highest BCUT2D eigenvalue weighted by Crippen LogP contribution is 2.27. The van der Waals surface area contributed by atoms with E-state index in [1.54, 1.807) is 4.90 Å². The van der Waals surface area contributed by atoms with Crippen molar-refractivity contribution >= 4 is 23.3 Å². The van der Waals surface area contributed by atoms with Gasteiger partial charge in [-0.3, -0.25) is 4.79 Å². The molecule has 0 spiro atoms. The number of hydrogen-bond donors (Lipinski definition) is 0. The van der Waals surface area contributed by atoms with Crippen molar-refractivity contribution < 1.29 is 14.3 Å². The van der Waals surface area contributed by atoms with Gasteiger partial charge in [-0.2, -0.15) is 0 Å². The van der Waals surface area contributed by atoms with Crippen molar-refractivity contribution in [1.29, 1.82) is 0 Å². The molecule has 0 radical (unpaired) electrons. The van der Waals surface area contributed by atoms with Crippen molar-refractivity contribution in [2.24, 2.45) is 11.8 Å². The lowest BCUT2D eigenvalue weighted by atomic mass is 9.90. The lowest BCUT2D eigenvalue weighted by Crippen LogP contribution is -2.47. The normalized spacial score (nSPS) is 20.0. The SMILES string of the molecule is CC(C)(C)OC(=O)N1CCC(C(=O)N2CCC(Cc3cccs3)CC2)CC1. The fourth-order valence-corrected chi connectivity index (χ4v) is 4.79. The lowest BCUT2D eigenvalue weighted by Gasteiger charge is -2.37. The van der Waals surface area contributed by atoms with Crippen molar-refractivity contribution in [2.45, 2.75) is 58.5 Å². The third-order valence-electron chi connectivity index (χ3n) is 5.49. The molecule has 2 aliphatic rings. The van der Waals surface area contributed by atoms with Gasteiger partial charge in [0, 0.05) is 37.0 Å². The van der Waals surface area contributed by atoms with Crippen LogP contribution in [-0.2, 0) is 16.0 Å². The van der Waals surface area contributed by atoms with Gasteiger partial charge in [0.05, 0.1) is 0 Å². The van der Waals surface area contributed by atoms with Crippen LogP contribution in [0.25, 0.3) is 0 Å². The first kappa shape index (κ1) is 20.2. The van der Waals surface area contributed by atoms with Crippen molar-refractivity contribution in [3.8, 4) is 0 Å². The second-order valence-corrected chi connectivity index (χ2v) is 9.83. The van der Waals surface area contributed by atoms with E-state index >= 15 is 0 Å². The number of piperidine rings is 2. The molecule has 1 aromatic heterocycles. The van der Waals surface area contributed by atoms with Crippen molar-refractivity contribution in [3.63, 3.8) is 0 Å². The van der Waals surface area contributed by atoms with Gasteiger partial charge in [0.1, 0.15) is 5.60 Å². The molecule has 150 valence electrons. The Bertz CT molecular complexity index is 622. The summed E-state index contributed by atoms with van der Waals surface area (Å²) in [5.41, 5.74) is -0.475. The molecule has 0 aliphatic carbocycles. The number of hydrogen-bond acceptors (Lipinski definition) is 4. The maximum absolute atomic E-state index is 12.9. The molecule has 3 heterocycles. The highest BCUT2D eigenvalue weighted by molar-refractivity contribution is 7.09. The minimum atomic E-state index is -0.475. The highest BCUT2D eigenvalue weighted by Gasteiger charge is 2.33. The molecule has 2 saturated heterocycles. The Kier molecular flexibility index (Phi) is 6.45. The molecule has 3 rings (SSSR count). The van der Waals surface area contributed by atoms with Crippen LogP contribution in [0, 0.1) is 11.8 Å². The number of nitrogens with zero attached hydrogens (tertiary/aromatic N) is 2. The Morgan fingerprint density at radius 2 is 1.70 bits per heavy atom. The first-order chi connectivity index (χ1) is 12.8. The molecule has 5 nitrogen and oxygen atoms in total. The average molecular weight is 393 g/mol. The first-order valence-electron chi connectivity index (χ1n) is 10.1. The lowest BCUT2D eigenvalue weighted by molar-refractivity contribution is -0.138. The number of amides is 2. The summed E-state index contributed by atoms with van der Waals surface area (Å²) in [6.45, 7) is 8.61. The van der Waals surface area contributed by atoms with E-state index < -0.39 is 5.60 Å². The van der Waals surface area contributed by atoms with Crippen LogP contribution in [-0.4, -0.2) is 53.6 Å². The Labute approximate surface area is 166 Å². The molecule has 0 saturated carbocycles. The van der Waals surface area contributed by atoms with E-state index in [4.69, 9.17) is 4.74 Å². The van der Waals surface area contributed by atoms with Gasteiger partial charge in [0.2, 0.25) is 5.91 Å². The topological polar surface area (TPSA) is 49.9 Å². The van der Waals surface area contributed by atoms with Crippen LogP contribution in [0.5, 0.6) is 0 Å². The van der Waals surface area contributed by atoms with Crippen LogP contribution >= 0.6 is 11.3 Å². The van der Waals surface area contributed by atoms with Crippen molar-refractivity contribution in [1.82, 2.24) is 9.80 Å². The Balaban J connectivity index is 1.41. The summed E-state index contributed by atoms with van der Waals surface area (Å²) in [4.78, 5) is 30.3. The van der Waals surface area contributed by atoms with Crippen LogP contribution in [0.15, 0.2) is 17.5 Å². The maximum Gasteiger partial charge on any atom is 0.410 e. The molecular weight excluding hydrogens is 360 g/mol. The number of carbonyl (C=O) groups is 2. The molecule has 0 N–H and O–H groups in total. The van der Waals surface area contributed by atoms with E-state index in [0.717, 1.165) is 45.2 Å². The van der Waals surface area contributed by atoms with E-state index in [9.17, 15) is 9.59 Å². The summed E-state index contributed by atoms with van der Waals surface area (Å²) in [7, 11) is 0. The third kappa shape index (κ3) is 5.71. The average Bonchev–Trinajstić information content (AvgIpc) is 3.13. The quantitative estimate of drug-likeness (QED) is 0.775. The fraction of sp³-hybridized carbons (Fsp3) is 0.714. The zero-order chi connectivity index (χ0) is 19.4. The fourth-order valence-electron chi connectivity index (χ4n) is 3.96. The first-order valence-corrected chi connectivity index (χ1v) is 11.0. The van der Waals surface area contributed by atoms with Gasteiger partial charge in [-0.05, 0) is 70.2 Å². The van der Waals surface area contributed by atoms with Gasteiger partial charge in [0.15, 0.2) is 0 Å². The van der Waals surface area contributed by atoms with E-state index in [2.05, 4.69) is 22.4 Å². The molecule has 0 unspecified atom stereocenters. The number of rotatable bonds is 3. The maximum atomic E-state index is 12.9. The van der Waals surface area contributed by atoms with Crippen LogP contribution in [0.3, 0.4) is 0 Å². The van der Waals surface area contributed by atoms with E-state index in [1.807, 2.05) is 32.1 Å². The molecule has 0 bridgehead atoms. The molecule has 2 amide bonds. The Hall–Kier alpha value is -1.56. The minimum absolute atomic E-state index is 0.0533. The van der Waals surface area contributed by atoms with Gasteiger partial charge in [-0.25, -0.2) is 4.79 Å². The van der Waals surface area contributed by atoms with Crippen LogP contribution in [0.2, 0.25) is 0 Å². The largest absolute Gasteiger partial charge is 0.444 e. The van der Waals surface area contributed by atoms with Gasteiger partial charge in [0.25, 0.3) is 0 Å². The summed E-state index contributed by atoms with van der Waals surface area (Å²) < 4.78 is 5.44. The molecule has 1 aromatic rings. The number of likely N-dealkylation sites (tertiary alicyclic amines) is 2. The number of ether oxygens (including phenoxy) is 1. The van der Waals surface area contributed by atoms with Crippen LogP contribution in [0.4, 0.5) is 4.79 Å². The third-order valence-corrected chi connectivity index (χ3v) is 6.39. The predicted octanol–water partition coefficient (Wildman–Crippen LogP) is 4.18.